The van der Waals surface area contributed by atoms with Crippen LogP contribution in [0.4, 0.5) is 5.69 Å². The van der Waals surface area contributed by atoms with E-state index in [9.17, 15) is 4.79 Å². The van der Waals surface area contributed by atoms with Crippen LogP contribution in [0.25, 0.3) is 17.1 Å². The molecule has 1 heterocycles. The molecule has 0 aliphatic heterocycles. The van der Waals surface area contributed by atoms with Gasteiger partial charge in [0.25, 0.3) is 5.91 Å². The van der Waals surface area contributed by atoms with Crippen LogP contribution in [0.5, 0.6) is 0 Å². The molecule has 0 radical (unpaired) electrons. The number of carbonyl (C=O) groups is 1. The van der Waals surface area contributed by atoms with Crippen LogP contribution in [0.3, 0.4) is 0 Å². The van der Waals surface area contributed by atoms with Crippen LogP contribution in [-0.2, 0) is 0 Å². The molecule has 4 rings (SSSR count). The molecule has 0 saturated carbocycles. The monoisotopic (exact) mass is 544 g/mol. The van der Waals surface area contributed by atoms with Crippen molar-refractivity contribution in [3.8, 4) is 17.1 Å². The lowest BCUT2D eigenvalue weighted by molar-refractivity contribution is 0.101. The Bertz CT molecular complexity index is 1160. The molecular weight excluding hydrogens is 532 g/mol. The third-order valence-electron chi connectivity index (χ3n) is 4.50. The number of anilines is 1. The Labute approximate surface area is 195 Å². The lowest BCUT2D eigenvalue weighted by atomic mass is 10.2. The van der Waals surface area contributed by atoms with Crippen LogP contribution in [0.1, 0.15) is 16.2 Å². The van der Waals surface area contributed by atoms with Gasteiger partial charge in [-0.3, -0.25) is 4.79 Å². The van der Waals surface area contributed by atoms with Gasteiger partial charge in [0.05, 0.1) is 5.69 Å². The van der Waals surface area contributed by atoms with Gasteiger partial charge in [-0.25, -0.2) is 9.67 Å². The number of hydrogen-bond acceptors (Lipinski definition) is 3. The molecule has 4 aromatic rings. The first kappa shape index (κ1) is 20.8. The summed E-state index contributed by atoms with van der Waals surface area (Å²) in [5, 5.41) is 7.92. The highest BCUT2D eigenvalue weighted by Gasteiger charge is 2.19. The normalized spacial score (nSPS) is 10.8. The maximum Gasteiger partial charge on any atom is 0.295 e. The molecular formula is C22H15Br2ClN4O. The molecule has 0 unspecified atom stereocenters. The summed E-state index contributed by atoms with van der Waals surface area (Å²) in [7, 11) is 0. The fraction of sp³-hybridized carbons (Fsp3) is 0.0455. The van der Waals surface area contributed by atoms with Crippen LogP contribution in [0.15, 0.2) is 75.7 Å². The second-order valence-corrected chi connectivity index (χ2v) is 8.76. The second-order valence-electron chi connectivity index (χ2n) is 6.52. The second kappa shape index (κ2) is 8.71. The number of nitrogens with one attached hydrogen (secondary N) is 1. The van der Waals surface area contributed by atoms with Crippen LogP contribution in [0.2, 0.25) is 5.02 Å². The Balaban J connectivity index is 1.76. The minimum atomic E-state index is -0.408. The number of amides is 1. The third-order valence-corrected chi connectivity index (χ3v) is 5.97. The van der Waals surface area contributed by atoms with Crippen LogP contribution >= 0.6 is 43.5 Å². The van der Waals surface area contributed by atoms with Crippen LogP contribution in [-0.4, -0.2) is 20.7 Å². The highest BCUT2D eigenvalue weighted by atomic mass is 79.9. The molecule has 0 bridgehead atoms. The first-order chi connectivity index (χ1) is 14.4. The zero-order valence-corrected chi connectivity index (χ0v) is 19.7. The van der Waals surface area contributed by atoms with E-state index in [1.807, 2.05) is 55.5 Å². The number of rotatable bonds is 4. The van der Waals surface area contributed by atoms with E-state index in [-0.39, 0.29) is 5.82 Å². The summed E-state index contributed by atoms with van der Waals surface area (Å²) in [4.78, 5) is 17.4. The number of carbonyl (C=O) groups excluding carboxylic acids is 1. The molecule has 5 nitrogen and oxygen atoms in total. The van der Waals surface area contributed by atoms with Gasteiger partial charge in [-0.15, -0.1) is 5.10 Å². The van der Waals surface area contributed by atoms with E-state index in [1.165, 1.54) is 0 Å². The van der Waals surface area contributed by atoms with Gasteiger partial charge in [-0.05, 0) is 61.0 Å². The van der Waals surface area contributed by atoms with E-state index >= 15 is 0 Å². The van der Waals surface area contributed by atoms with Crippen molar-refractivity contribution in [2.75, 3.05) is 5.32 Å². The predicted molar refractivity (Wildman–Crippen MR) is 126 cm³/mol. The van der Waals surface area contributed by atoms with E-state index in [0.717, 1.165) is 25.8 Å². The molecule has 1 aromatic heterocycles. The molecule has 1 N–H and O–H groups in total. The van der Waals surface area contributed by atoms with Gasteiger partial charge in [0.2, 0.25) is 5.82 Å². The Morgan fingerprint density at radius 1 is 0.967 bits per heavy atom. The van der Waals surface area contributed by atoms with E-state index in [2.05, 4.69) is 47.3 Å². The number of aromatic nitrogens is 3. The molecule has 0 aliphatic rings. The molecule has 30 heavy (non-hydrogen) atoms. The third kappa shape index (κ3) is 4.33. The van der Waals surface area contributed by atoms with Crippen molar-refractivity contribution in [1.29, 1.82) is 0 Å². The van der Waals surface area contributed by atoms with Crippen molar-refractivity contribution < 1.29 is 4.79 Å². The van der Waals surface area contributed by atoms with Crippen molar-refractivity contribution in [2.24, 2.45) is 0 Å². The van der Waals surface area contributed by atoms with Crippen molar-refractivity contribution >= 4 is 55.1 Å². The lowest BCUT2D eigenvalue weighted by Gasteiger charge is -2.07. The first-order valence-corrected chi connectivity index (χ1v) is 10.9. The maximum absolute atomic E-state index is 12.9. The summed E-state index contributed by atoms with van der Waals surface area (Å²) in [6, 6.07) is 20.7. The Hall–Kier alpha value is -2.48. The smallest absolute Gasteiger partial charge is 0.295 e. The molecule has 0 aliphatic carbocycles. The number of halogens is 3. The van der Waals surface area contributed by atoms with Gasteiger partial charge in [-0.2, -0.15) is 0 Å². The zero-order valence-electron chi connectivity index (χ0n) is 15.7. The first-order valence-electron chi connectivity index (χ1n) is 8.98. The SMILES string of the molecule is Cc1c(Cl)cccc1NC(=O)c1nc(-c2ccc(Br)cc2)n(-c2ccc(Br)cc2)n1. The van der Waals surface area contributed by atoms with Crippen LogP contribution < -0.4 is 5.32 Å². The molecule has 8 heteroatoms. The summed E-state index contributed by atoms with van der Waals surface area (Å²) >= 11 is 13.1. The van der Waals surface area contributed by atoms with Gasteiger partial charge < -0.3 is 5.32 Å². The van der Waals surface area contributed by atoms with E-state index in [4.69, 9.17) is 11.6 Å². The average Bonchev–Trinajstić information content (AvgIpc) is 3.18. The highest BCUT2D eigenvalue weighted by Crippen LogP contribution is 2.26. The largest absolute Gasteiger partial charge is 0.319 e. The molecule has 0 atom stereocenters. The van der Waals surface area contributed by atoms with Crippen molar-refractivity contribution in [3.05, 3.63) is 92.1 Å². The summed E-state index contributed by atoms with van der Waals surface area (Å²) in [6.07, 6.45) is 0. The molecule has 0 saturated heterocycles. The minimum absolute atomic E-state index is 0.0650. The van der Waals surface area contributed by atoms with Gasteiger partial charge in [0, 0.05) is 25.2 Å². The van der Waals surface area contributed by atoms with Gasteiger partial charge >= 0.3 is 0 Å². The van der Waals surface area contributed by atoms with Crippen molar-refractivity contribution in [3.63, 3.8) is 0 Å². The maximum atomic E-state index is 12.9. The standard InChI is InChI=1S/C22H15Br2ClN4O/c1-13-18(25)3-2-4-19(13)26-22(30)20-27-21(14-5-7-15(23)8-6-14)29(28-20)17-11-9-16(24)10-12-17/h2-12H,1H3,(H,26,30). The zero-order chi connectivity index (χ0) is 21.3. The highest BCUT2D eigenvalue weighted by molar-refractivity contribution is 9.10. The Kier molecular flexibility index (Phi) is 6.04. The molecule has 1 amide bonds. The minimum Gasteiger partial charge on any atom is -0.319 e. The van der Waals surface area contributed by atoms with Crippen LogP contribution in [0, 0.1) is 6.92 Å². The number of hydrogen-bond donors (Lipinski definition) is 1. The number of nitrogens with zero attached hydrogens (tertiary/aromatic N) is 3. The van der Waals surface area contributed by atoms with Crippen molar-refractivity contribution in [1.82, 2.24) is 14.8 Å². The fourth-order valence-corrected chi connectivity index (χ4v) is 3.58. The lowest BCUT2D eigenvalue weighted by Crippen LogP contribution is -2.15. The Morgan fingerprint density at radius 3 is 2.27 bits per heavy atom. The summed E-state index contributed by atoms with van der Waals surface area (Å²) in [5.41, 5.74) is 3.04. The topological polar surface area (TPSA) is 59.8 Å². The molecule has 0 spiro atoms. The van der Waals surface area contributed by atoms with Gasteiger partial charge in [0.1, 0.15) is 0 Å². The Morgan fingerprint density at radius 2 is 1.60 bits per heavy atom. The van der Waals surface area contributed by atoms with Crippen molar-refractivity contribution in [2.45, 2.75) is 6.92 Å². The fourth-order valence-electron chi connectivity index (χ4n) is 2.88. The van der Waals surface area contributed by atoms with Gasteiger partial charge in [0.15, 0.2) is 5.82 Å². The van der Waals surface area contributed by atoms with E-state index in [0.29, 0.717) is 16.5 Å². The van der Waals surface area contributed by atoms with E-state index < -0.39 is 5.91 Å². The average molecular weight is 547 g/mol. The van der Waals surface area contributed by atoms with E-state index in [1.54, 1.807) is 22.9 Å². The van der Waals surface area contributed by atoms with Gasteiger partial charge in [-0.1, -0.05) is 61.7 Å². The molecule has 150 valence electrons. The number of benzene rings is 3. The molecule has 0 fully saturated rings. The molecule has 3 aromatic carbocycles. The quantitative estimate of drug-likeness (QED) is 0.311. The predicted octanol–water partition coefficient (Wildman–Crippen LogP) is 6.67. The summed E-state index contributed by atoms with van der Waals surface area (Å²) in [6.45, 7) is 1.85. The summed E-state index contributed by atoms with van der Waals surface area (Å²) in [5.74, 6) is 0.225. The summed E-state index contributed by atoms with van der Waals surface area (Å²) < 4.78 is 3.57.